The van der Waals surface area contributed by atoms with Crippen LogP contribution in [0.1, 0.15) is 406 Å². The van der Waals surface area contributed by atoms with Gasteiger partial charge in [-0.1, -0.05) is 367 Å². The molecule has 0 rings (SSSR count). The summed E-state index contributed by atoms with van der Waals surface area (Å²) >= 11 is 0. The molecule has 0 aliphatic heterocycles. The summed E-state index contributed by atoms with van der Waals surface area (Å²) in [5, 5.41) is 0. The van der Waals surface area contributed by atoms with E-state index in [0.29, 0.717) is 19.3 Å². The van der Waals surface area contributed by atoms with Crippen LogP contribution in [0.15, 0.2) is 0 Å². The van der Waals surface area contributed by atoms with Crippen molar-refractivity contribution < 1.29 is 28.6 Å². The summed E-state index contributed by atoms with van der Waals surface area (Å²) in [6.07, 6.45) is 76.1. The second kappa shape index (κ2) is 64.9. The van der Waals surface area contributed by atoms with Gasteiger partial charge in [0.1, 0.15) is 13.2 Å². The first kappa shape index (κ1) is 73.4. The Bertz CT molecular complexity index is 1120. The maximum absolute atomic E-state index is 12.8. The van der Waals surface area contributed by atoms with E-state index in [1.54, 1.807) is 0 Å². The molecule has 0 saturated heterocycles. The molecule has 0 aromatic carbocycles. The first-order chi connectivity index (χ1) is 37.0. The zero-order valence-electron chi connectivity index (χ0n) is 51.4. The molecule has 0 aromatic rings. The summed E-state index contributed by atoms with van der Waals surface area (Å²) in [6, 6.07) is 0. The van der Waals surface area contributed by atoms with Gasteiger partial charge >= 0.3 is 17.9 Å². The van der Waals surface area contributed by atoms with E-state index in [4.69, 9.17) is 14.2 Å². The Balaban J connectivity index is 3.90. The highest BCUT2D eigenvalue weighted by atomic mass is 16.6. The molecular weight excluding hydrogens is 925 g/mol. The molecule has 0 amide bonds. The lowest BCUT2D eigenvalue weighted by Crippen LogP contribution is -2.30. The average Bonchev–Trinajstić information content (AvgIpc) is 3.41. The van der Waals surface area contributed by atoms with Crippen molar-refractivity contribution in [2.75, 3.05) is 13.2 Å². The summed E-state index contributed by atoms with van der Waals surface area (Å²) in [6.45, 7) is 6.67. The van der Waals surface area contributed by atoms with E-state index in [0.717, 1.165) is 57.8 Å². The number of hydrogen-bond donors (Lipinski definition) is 0. The van der Waals surface area contributed by atoms with Gasteiger partial charge in [-0.25, -0.2) is 0 Å². The van der Waals surface area contributed by atoms with Gasteiger partial charge in [0.15, 0.2) is 6.10 Å². The molecule has 75 heavy (non-hydrogen) atoms. The molecule has 0 aromatic heterocycles. The Kier molecular flexibility index (Phi) is 63.6. The fraction of sp³-hybridized carbons (Fsp3) is 0.957. The van der Waals surface area contributed by atoms with Gasteiger partial charge in [-0.3, -0.25) is 14.4 Å². The fourth-order valence-electron chi connectivity index (χ4n) is 10.9. The molecule has 0 aliphatic rings. The normalized spacial score (nSPS) is 11.9. The molecule has 0 spiro atoms. The van der Waals surface area contributed by atoms with Gasteiger partial charge in [-0.15, -0.1) is 0 Å². The standard InChI is InChI=1S/C69H134O6/c1-4-7-10-13-16-18-20-22-24-26-28-29-30-31-32-33-34-35-36-37-38-39-40-42-43-45-47-49-51-53-56-59-62-68(71)74-65-66(64-73-67(70)61-58-55-15-12-9-6-3)75-69(72)63-60-57-54-52-50-48-46-44-41-27-25-23-21-19-17-14-11-8-5-2/h66H,4-65H2,1-3H3. The van der Waals surface area contributed by atoms with E-state index in [1.807, 2.05) is 0 Å². The Labute approximate surface area is 469 Å². The van der Waals surface area contributed by atoms with Crippen LogP contribution in [0, 0.1) is 0 Å². The van der Waals surface area contributed by atoms with Gasteiger partial charge in [0, 0.05) is 19.3 Å². The van der Waals surface area contributed by atoms with E-state index < -0.39 is 6.10 Å². The number of ether oxygens (including phenoxy) is 3. The van der Waals surface area contributed by atoms with Crippen molar-refractivity contribution in [2.24, 2.45) is 0 Å². The molecule has 0 radical (unpaired) electrons. The number of unbranched alkanes of at least 4 members (excludes halogenated alkanes) is 54. The van der Waals surface area contributed by atoms with Crippen molar-refractivity contribution in [3.63, 3.8) is 0 Å². The molecule has 0 bridgehead atoms. The number of carbonyl (C=O) groups excluding carboxylic acids is 3. The van der Waals surface area contributed by atoms with Crippen molar-refractivity contribution in [3.8, 4) is 0 Å². The number of hydrogen-bond acceptors (Lipinski definition) is 6. The molecule has 1 unspecified atom stereocenters. The fourth-order valence-corrected chi connectivity index (χ4v) is 10.9. The van der Waals surface area contributed by atoms with Crippen LogP contribution in [0.25, 0.3) is 0 Å². The largest absolute Gasteiger partial charge is 0.462 e. The summed E-state index contributed by atoms with van der Waals surface area (Å²) in [5.41, 5.74) is 0. The van der Waals surface area contributed by atoms with Gasteiger partial charge in [-0.05, 0) is 19.3 Å². The minimum absolute atomic E-state index is 0.0618. The zero-order chi connectivity index (χ0) is 54.3. The van der Waals surface area contributed by atoms with E-state index in [1.165, 1.54) is 308 Å². The topological polar surface area (TPSA) is 78.9 Å². The van der Waals surface area contributed by atoms with Crippen LogP contribution in [-0.4, -0.2) is 37.2 Å². The number of rotatable bonds is 65. The predicted molar refractivity (Wildman–Crippen MR) is 326 cm³/mol. The summed E-state index contributed by atoms with van der Waals surface area (Å²) in [7, 11) is 0. The third kappa shape index (κ3) is 63.1. The number of esters is 3. The molecule has 446 valence electrons. The maximum Gasteiger partial charge on any atom is 0.306 e. The minimum Gasteiger partial charge on any atom is -0.462 e. The highest BCUT2D eigenvalue weighted by molar-refractivity contribution is 5.71. The third-order valence-corrected chi connectivity index (χ3v) is 16.1. The van der Waals surface area contributed by atoms with Crippen LogP contribution in [0.3, 0.4) is 0 Å². The summed E-state index contributed by atoms with van der Waals surface area (Å²) < 4.78 is 16.8. The average molecular weight is 1060 g/mol. The third-order valence-electron chi connectivity index (χ3n) is 16.1. The van der Waals surface area contributed by atoms with E-state index in [2.05, 4.69) is 20.8 Å². The predicted octanol–water partition coefficient (Wildman–Crippen LogP) is 23.5. The lowest BCUT2D eigenvalue weighted by Gasteiger charge is -2.18. The highest BCUT2D eigenvalue weighted by Gasteiger charge is 2.19. The molecule has 1 atom stereocenters. The van der Waals surface area contributed by atoms with Crippen molar-refractivity contribution in [3.05, 3.63) is 0 Å². The lowest BCUT2D eigenvalue weighted by atomic mass is 10.0. The SMILES string of the molecule is CCCCCCCCCCCCCCCCCCCCCCCCCCCCCCCCCCC(=O)OCC(COC(=O)CCCCCCCC)OC(=O)CCCCCCCCCCCCCCCCCCCCC. The summed E-state index contributed by atoms with van der Waals surface area (Å²) in [4.78, 5) is 38.0. The zero-order valence-corrected chi connectivity index (χ0v) is 51.4. The van der Waals surface area contributed by atoms with Gasteiger partial charge in [0.2, 0.25) is 0 Å². The van der Waals surface area contributed by atoms with E-state index in [-0.39, 0.29) is 31.1 Å². The lowest BCUT2D eigenvalue weighted by molar-refractivity contribution is -0.167. The summed E-state index contributed by atoms with van der Waals surface area (Å²) in [5.74, 6) is -0.840. The number of carbonyl (C=O) groups is 3. The first-order valence-electron chi connectivity index (χ1n) is 34.5. The smallest absolute Gasteiger partial charge is 0.306 e. The second-order valence-corrected chi connectivity index (χ2v) is 23.8. The van der Waals surface area contributed by atoms with Gasteiger partial charge in [0.25, 0.3) is 0 Å². The quantitative estimate of drug-likeness (QED) is 0.0343. The maximum atomic E-state index is 12.8. The van der Waals surface area contributed by atoms with Crippen LogP contribution in [0.2, 0.25) is 0 Å². The Morgan fingerprint density at radius 1 is 0.213 bits per heavy atom. The van der Waals surface area contributed by atoms with Crippen LogP contribution in [0.5, 0.6) is 0 Å². The van der Waals surface area contributed by atoms with Crippen LogP contribution >= 0.6 is 0 Å². The van der Waals surface area contributed by atoms with Crippen molar-refractivity contribution in [2.45, 2.75) is 412 Å². The molecular formula is C69H134O6. The minimum atomic E-state index is -0.761. The van der Waals surface area contributed by atoms with E-state index >= 15 is 0 Å². The first-order valence-corrected chi connectivity index (χ1v) is 34.5. The molecule has 0 N–H and O–H groups in total. The molecule has 6 heteroatoms. The second-order valence-electron chi connectivity index (χ2n) is 23.8. The highest BCUT2D eigenvalue weighted by Crippen LogP contribution is 2.19. The van der Waals surface area contributed by atoms with Gasteiger partial charge in [-0.2, -0.15) is 0 Å². The molecule has 0 heterocycles. The van der Waals surface area contributed by atoms with Crippen LogP contribution in [-0.2, 0) is 28.6 Å². The Morgan fingerprint density at radius 3 is 0.533 bits per heavy atom. The molecule has 0 aliphatic carbocycles. The molecule has 0 fully saturated rings. The molecule has 0 saturated carbocycles. The van der Waals surface area contributed by atoms with E-state index in [9.17, 15) is 14.4 Å². The monoisotopic (exact) mass is 1060 g/mol. The van der Waals surface area contributed by atoms with Gasteiger partial charge in [0.05, 0.1) is 0 Å². The van der Waals surface area contributed by atoms with Crippen molar-refractivity contribution in [1.29, 1.82) is 0 Å². The molecule has 6 nitrogen and oxygen atoms in total. The van der Waals surface area contributed by atoms with Crippen LogP contribution < -0.4 is 0 Å². The van der Waals surface area contributed by atoms with Crippen molar-refractivity contribution in [1.82, 2.24) is 0 Å². The Morgan fingerprint density at radius 2 is 0.360 bits per heavy atom. The van der Waals surface area contributed by atoms with Crippen molar-refractivity contribution >= 4 is 17.9 Å². The van der Waals surface area contributed by atoms with Crippen LogP contribution in [0.4, 0.5) is 0 Å². The Hall–Kier alpha value is -1.59. The van der Waals surface area contributed by atoms with Gasteiger partial charge < -0.3 is 14.2 Å².